The minimum absolute atomic E-state index is 0.131. The second-order valence-corrected chi connectivity index (χ2v) is 6.15. The van der Waals surface area contributed by atoms with E-state index in [1.807, 2.05) is 7.11 Å². The van der Waals surface area contributed by atoms with Crippen LogP contribution in [0.25, 0.3) is 0 Å². The third kappa shape index (κ3) is 1.87. The summed E-state index contributed by atoms with van der Waals surface area (Å²) in [4.78, 5) is 0. The Morgan fingerprint density at radius 2 is 1.50 bits per heavy atom. The van der Waals surface area contributed by atoms with Gasteiger partial charge in [-0.2, -0.15) is 0 Å². The first kappa shape index (κ1) is 12.3. The molecule has 0 aromatic heterocycles. The van der Waals surface area contributed by atoms with Crippen LogP contribution in [-0.2, 0) is 29.5 Å². The van der Waals surface area contributed by atoms with Crippen molar-refractivity contribution in [2.75, 3.05) is 7.11 Å². The fraction of sp³-hybridized carbons (Fsp3) is 0.429. The zero-order chi connectivity index (χ0) is 11.8. The average molecular weight is 293 g/mol. The molecular formula is C14H17OZr. The van der Waals surface area contributed by atoms with Gasteiger partial charge in [0.25, 0.3) is 0 Å². The summed E-state index contributed by atoms with van der Waals surface area (Å²) in [5.74, 6) is 0. The molecule has 0 aromatic carbocycles. The Kier molecular flexibility index (Phi) is 3.51. The van der Waals surface area contributed by atoms with Crippen LogP contribution in [0.2, 0.25) is 0 Å². The first-order valence-corrected chi connectivity index (χ1v) is 6.86. The van der Waals surface area contributed by atoms with Crippen molar-refractivity contribution >= 4 is 0 Å². The molecule has 83 valence electrons. The Bertz CT molecular complexity index is 388. The van der Waals surface area contributed by atoms with Gasteiger partial charge in [0.2, 0.25) is 0 Å². The Morgan fingerprint density at radius 3 is 1.75 bits per heavy atom. The van der Waals surface area contributed by atoms with Gasteiger partial charge < -0.3 is 0 Å². The topological polar surface area (TPSA) is 9.23 Å². The van der Waals surface area contributed by atoms with Crippen LogP contribution in [0.15, 0.2) is 46.6 Å². The first-order chi connectivity index (χ1) is 7.59. The normalized spacial score (nSPS) is 20.4. The van der Waals surface area contributed by atoms with E-state index >= 15 is 0 Å². The SMILES string of the molecule is CO[C]([Zr])(C1=C(C)C=CC1)C1=C(C)C=CC1. The third-order valence-electron chi connectivity index (χ3n) is 3.49. The molecule has 0 bridgehead atoms. The number of methoxy groups -OCH3 is 1. The molecule has 0 aromatic rings. The van der Waals surface area contributed by atoms with E-state index in [0.29, 0.717) is 0 Å². The molecule has 1 nitrogen and oxygen atoms in total. The van der Waals surface area contributed by atoms with Crippen molar-refractivity contribution in [2.45, 2.75) is 30.0 Å². The van der Waals surface area contributed by atoms with Gasteiger partial charge in [0, 0.05) is 0 Å². The van der Waals surface area contributed by atoms with E-state index in [1.54, 1.807) is 0 Å². The summed E-state index contributed by atoms with van der Waals surface area (Å²) >= 11 is 1.43. The van der Waals surface area contributed by atoms with Crippen molar-refractivity contribution in [1.82, 2.24) is 0 Å². The molecule has 0 unspecified atom stereocenters. The summed E-state index contributed by atoms with van der Waals surface area (Å²) in [6.45, 7) is 4.38. The standard InChI is InChI=1S/C14H17O.Zr/c1-10-6-4-8-12(10)14(15-3)13-9-5-7-11(13)2;/h4-7H,8-9H2,1-3H3;. The molecule has 0 atom stereocenters. The minimum atomic E-state index is -0.131. The third-order valence-corrected chi connectivity index (χ3v) is 5.47. The molecule has 0 heterocycles. The first-order valence-electron chi connectivity index (χ1n) is 5.63. The van der Waals surface area contributed by atoms with E-state index in [-0.39, 0.29) is 3.31 Å². The van der Waals surface area contributed by atoms with Gasteiger partial charge in [-0.25, -0.2) is 0 Å². The number of hydrogen-bond acceptors (Lipinski definition) is 1. The molecule has 0 aliphatic heterocycles. The van der Waals surface area contributed by atoms with Gasteiger partial charge in [-0.3, -0.25) is 0 Å². The molecule has 0 saturated heterocycles. The van der Waals surface area contributed by atoms with Crippen molar-refractivity contribution in [3.8, 4) is 0 Å². The van der Waals surface area contributed by atoms with Crippen LogP contribution < -0.4 is 0 Å². The fourth-order valence-electron chi connectivity index (χ4n) is 2.50. The number of rotatable bonds is 3. The molecule has 0 radical (unpaired) electrons. The summed E-state index contributed by atoms with van der Waals surface area (Å²) in [6.07, 6.45) is 11.0. The van der Waals surface area contributed by atoms with Gasteiger partial charge >= 0.3 is 113 Å². The molecule has 16 heavy (non-hydrogen) atoms. The van der Waals surface area contributed by atoms with Crippen molar-refractivity contribution in [3.05, 3.63) is 46.6 Å². The van der Waals surface area contributed by atoms with Crippen LogP contribution in [0, 0.1) is 0 Å². The number of ether oxygens (including phenoxy) is 1. The van der Waals surface area contributed by atoms with Crippen molar-refractivity contribution < 1.29 is 29.5 Å². The Labute approximate surface area is 113 Å². The van der Waals surface area contributed by atoms with Gasteiger partial charge in [-0.1, -0.05) is 0 Å². The van der Waals surface area contributed by atoms with E-state index < -0.39 is 0 Å². The molecule has 0 fully saturated rings. The van der Waals surface area contributed by atoms with Crippen molar-refractivity contribution in [1.29, 1.82) is 0 Å². The maximum atomic E-state index is 5.89. The van der Waals surface area contributed by atoms with Gasteiger partial charge in [0.05, 0.1) is 0 Å². The Balaban J connectivity index is 2.42. The van der Waals surface area contributed by atoms with Crippen LogP contribution in [0.4, 0.5) is 0 Å². The van der Waals surface area contributed by atoms with Gasteiger partial charge in [-0.15, -0.1) is 0 Å². The molecular weight excluding hydrogens is 275 g/mol. The van der Waals surface area contributed by atoms with Crippen LogP contribution in [-0.4, -0.2) is 10.4 Å². The Hall–Kier alpha value is -0.197. The molecule has 0 saturated carbocycles. The zero-order valence-corrected chi connectivity index (χ0v) is 12.6. The summed E-state index contributed by atoms with van der Waals surface area (Å²) in [5.41, 5.74) is 5.66. The predicted octanol–water partition coefficient (Wildman–Crippen LogP) is 3.43. The molecule has 2 aliphatic rings. The van der Waals surface area contributed by atoms with E-state index in [0.717, 1.165) is 12.8 Å². The van der Waals surface area contributed by atoms with E-state index in [4.69, 9.17) is 4.74 Å². The van der Waals surface area contributed by atoms with Gasteiger partial charge in [0.15, 0.2) is 0 Å². The predicted molar refractivity (Wildman–Crippen MR) is 62.7 cm³/mol. The summed E-state index contributed by atoms with van der Waals surface area (Å²) in [7, 11) is 1.84. The quantitative estimate of drug-likeness (QED) is 0.774. The molecule has 0 spiro atoms. The van der Waals surface area contributed by atoms with Crippen LogP contribution >= 0.6 is 0 Å². The monoisotopic (exact) mass is 291 g/mol. The summed E-state index contributed by atoms with van der Waals surface area (Å²) in [6, 6.07) is 0. The molecule has 2 heteroatoms. The summed E-state index contributed by atoms with van der Waals surface area (Å²) in [5, 5.41) is 0. The maximum absolute atomic E-state index is 5.89. The second-order valence-electron chi connectivity index (χ2n) is 4.42. The van der Waals surface area contributed by atoms with E-state index in [9.17, 15) is 0 Å². The fourth-order valence-corrected chi connectivity index (χ4v) is 3.97. The van der Waals surface area contributed by atoms with Crippen molar-refractivity contribution in [2.24, 2.45) is 0 Å². The molecule has 0 amide bonds. The molecule has 2 aliphatic carbocycles. The number of hydrogen-bond donors (Lipinski definition) is 0. The van der Waals surface area contributed by atoms with Crippen LogP contribution in [0.5, 0.6) is 0 Å². The van der Waals surface area contributed by atoms with Gasteiger partial charge in [0.1, 0.15) is 0 Å². The van der Waals surface area contributed by atoms with Crippen molar-refractivity contribution in [3.63, 3.8) is 0 Å². The van der Waals surface area contributed by atoms with Crippen LogP contribution in [0.3, 0.4) is 0 Å². The van der Waals surface area contributed by atoms with Gasteiger partial charge in [-0.05, 0) is 0 Å². The van der Waals surface area contributed by atoms with Crippen LogP contribution in [0.1, 0.15) is 26.7 Å². The number of allylic oxidation sites excluding steroid dienone is 6. The Morgan fingerprint density at radius 1 is 1.06 bits per heavy atom. The molecule has 2 rings (SSSR count). The zero-order valence-electron chi connectivity index (χ0n) is 10.1. The molecule has 0 N–H and O–H groups in total. The van der Waals surface area contributed by atoms with E-state index in [1.165, 1.54) is 47.0 Å². The summed E-state index contributed by atoms with van der Waals surface area (Å²) < 4.78 is 5.76. The van der Waals surface area contributed by atoms with E-state index in [2.05, 4.69) is 38.2 Å². The average Bonchev–Trinajstić information content (AvgIpc) is 2.86. The second kappa shape index (κ2) is 4.58.